The molecule has 1 aromatic carbocycles. The summed E-state index contributed by atoms with van der Waals surface area (Å²) < 4.78 is 287. The van der Waals surface area contributed by atoms with E-state index < -0.39 is 181 Å². The van der Waals surface area contributed by atoms with Gasteiger partial charge in [0, 0.05) is 50.5 Å². The maximum absolute atomic E-state index is 12.1. The first-order valence-corrected chi connectivity index (χ1v) is 34.4. The van der Waals surface area contributed by atoms with E-state index in [1.165, 1.54) is 27.9 Å². The summed E-state index contributed by atoms with van der Waals surface area (Å²) >= 11 is -0.462. The van der Waals surface area contributed by atoms with E-state index in [0.29, 0.717) is 6.42 Å². The van der Waals surface area contributed by atoms with E-state index in [4.69, 9.17) is 33.5 Å². The molecule has 80 heavy (non-hydrogen) atoms. The van der Waals surface area contributed by atoms with Crippen LogP contribution in [0.5, 0.6) is 0 Å². The Morgan fingerprint density at radius 1 is 0.650 bits per heavy atom. The largest absolute Gasteiger partial charge is 0.748 e. The van der Waals surface area contributed by atoms with Gasteiger partial charge in [0.2, 0.25) is 10.4 Å². The third-order valence-corrected chi connectivity index (χ3v) is 22.3. The number of aliphatic hydroxyl groups excluding tert-OH is 1. The van der Waals surface area contributed by atoms with E-state index in [2.05, 4.69) is 22.9 Å². The van der Waals surface area contributed by atoms with E-state index in [1.807, 2.05) is 6.07 Å². The van der Waals surface area contributed by atoms with Crippen LogP contribution in [0.15, 0.2) is 30.3 Å². The normalized spacial score (nSPS) is 30.9. The van der Waals surface area contributed by atoms with Crippen molar-refractivity contribution in [2.75, 3.05) is 26.6 Å². The van der Waals surface area contributed by atoms with Gasteiger partial charge >= 0.3 is 0 Å². The fraction of sp³-hybridized carbons (Fsp3) is 0.833. The maximum atomic E-state index is 12.1. The second-order valence-electron chi connectivity index (χ2n) is 17.5. The summed E-state index contributed by atoms with van der Waals surface area (Å²) in [6.07, 6.45) is -10.9. The van der Waals surface area contributed by atoms with Crippen molar-refractivity contribution in [3.63, 3.8) is 0 Å². The Labute approximate surface area is 470 Å². The Bertz CT molecular complexity index is 2860. The molecular formula is C36H55O35S9-9. The highest BCUT2D eigenvalue weighted by molar-refractivity contribution is 7.98. The Morgan fingerprint density at radius 3 is 1.51 bits per heavy atom. The van der Waals surface area contributed by atoms with Crippen molar-refractivity contribution in [1.82, 2.24) is 0 Å². The molecule has 44 heteroatoms. The number of hydrogen-bond acceptors (Lipinski definition) is 37. The molecule has 2 aliphatic heterocycles. The van der Waals surface area contributed by atoms with Crippen LogP contribution in [0, 0.1) is 11.8 Å². The van der Waals surface area contributed by atoms with E-state index in [9.17, 15) is 101 Å². The molecule has 0 spiro atoms. The second-order valence-corrected chi connectivity index (χ2v) is 29.3. The van der Waals surface area contributed by atoms with E-state index in [0.717, 1.165) is 12.7 Å². The molecule has 3 aliphatic rings. The lowest BCUT2D eigenvalue weighted by Gasteiger charge is -2.48. The van der Waals surface area contributed by atoms with Crippen LogP contribution >= 0.6 is 24.1 Å². The summed E-state index contributed by atoms with van der Waals surface area (Å²) in [5.41, 5.74) is 0.793. The predicted molar refractivity (Wildman–Crippen MR) is 254 cm³/mol. The van der Waals surface area contributed by atoms with Crippen molar-refractivity contribution in [1.29, 1.82) is 0 Å². The molecule has 0 bridgehead atoms. The SMILES string of the molecule is CCC(O)CC(C)OS(=O)(=O)[O-].CCC1OC(OCC2OC(OC)C(S(=O)(=O)[O-])C(S(=O)(=O)[O-])C2SOO[O-])C(S(=O)(=O)[O-])C(S(=O)(=O)[O-])C1SOO[O-].COC1CC(CS(=O)(=O)[O-])C(C)C(S(=O)(=O)[O-])C1OCc1ccccc1. The van der Waals surface area contributed by atoms with Gasteiger partial charge < -0.3 is 75.9 Å². The summed E-state index contributed by atoms with van der Waals surface area (Å²) in [6.45, 7) is 4.84. The molecule has 3 fully saturated rings. The Hall–Kier alpha value is -1.27. The predicted octanol–water partition coefficient (Wildman–Crippen LogP) is -4.64. The van der Waals surface area contributed by atoms with Gasteiger partial charge in [-0.1, -0.05) is 51.1 Å². The van der Waals surface area contributed by atoms with Gasteiger partial charge in [-0.25, -0.2) is 58.9 Å². The number of hydrogen-bond donors (Lipinski definition) is 1. The summed E-state index contributed by atoms with van der Waals surface area (Å²) in [7, 11) is -35.1. The van der Waals surface area contributed by atoms with Gasteiger partial charge in [-0.15, -0.1) is 0 Å². The summed E-state index contributed by atoms with van der Waals surface area (Å²) in [6, 6.07) is 9.01. The number of rotatable bonds is 27. The van der Waals surface area contributed by atoms with Crippen molar-refractivity contribution >= 4 is 95.2 Å². The monoisotopic (exact) mass is 1340 g/mol. The van der Waals surface area contributed by atoms with Gasteiger partial charge in [0.1, 0.15) is 61.1 Å². The molecule has 472 valence electrons. The van der Waals surface area contributed by atoms with Crippen LogP contribution in [0.25, 0.3) is 0 Å². The van der Waals surface area contributed by atoms with Crippen molar-refractivity contribution in [3.05, 3.63) is 35.9 Å². The van der Waals surface area contributed by atoms with Gasteiger partial charge in [-0.3, -0.25) is 14.3 Å². The fourth-order valence-electron chi connectivity index (χ4n) is 8.68. The number of aliphatic hydroxyl groups is 1. The van der Waals surface area contributed by atoms with Crippen molar-refractivity contribution in [2.45, 2.75) is 146 Å². The van der Waals surface area contributed by atoms with Crippen molar-refractivity contribution < 1.29 is 158 Å². The molecule has 4 rings (SSSR count). The minimum absolute atomic E-state index is 0.0780. The van der Waals surface area contributed by atoms with E-state index in [-0.39, 0.29) is 50.0 Å². The standard InChI is InChI=1S/C16H24O8S2.C14H26O22S6.C6H14O5S/c1-11-13(10-25(17,18)19)8-14(23-2)15(16(11)26(20,21)22)24-9-12-6-4-3-5-7-12;1-3-5-7(37-35-33-15)9(39(17,18)19)12(42(26,27)28)14(31-5)30-4-6-8(38-36-34-16)10(40(20,21)22)11(41(23,24)25)13(29-2)32-6;1-3-6(7)4-5(2)11-12(8,9)10/h3-7,11,13-16H,8-10H2,1-2H3,(H,17,18,19)(H,20,21,22);5-16H,3-4H2,1-2H3,(H,17,18,19)(H,20,21,22)(H,23,24,25)(H,26,27,28);5-7H,3-4H2,1-2H3,(H,8,9,10)/p-9. The molecule has 0 amide bonds. The van der Waals surface area contributed by atoms with Gasteiger partial charge in [0.25, 0.3) is 0 Å². The molecule has 2 heterocycles. The van der Waals surface area contributed by atoms with Gasteiger partial charge in [0.05, 0.1) is 86.2 Å². The zero-order valence-corrected chi connectivity index (χ0v) is 49.5. The molecule has 1 saturated carbocycles. The van der Waals surface area contributed by atoms with Crippen LogP contribution in [0.2, 0.25) is 0 Å². The smallest absolute Gasteiger partial charge is 0.217 e. The van der Waals surface area contributed by atoms with Gasteiger partial charge in [0.15, 0.2) is 12.6 Å². The lowest BCUT2D eigenvalue weighted by molar-refractivity contribution is -0.777. The highest BCUT2D eigenvalue weighted by Crippen LogP contribution is 2.42. The van der Waals surface area contributed by atoms with Gasteiger partial charge in [-0.2, -0.15) is 8.67 Å². The highest BCUT2D eigenvalue weighted by atomic mass is 32.3. The van der Waals surface area contributed by atoms with Crippen LogP contribution in [-0.2, 0) is 129 Å². The zero-order chi connectivity index (χ0) is 61.6. The first kappa shape index (κ1) is 74.8. The summed E-state index contributed by atoms with van der Waals surface area (Å²) in [5.74, 6) is -2.40. The molecule has 1 N–H and O–H groups in total. The lowest BCUT2D eigenvalue weighted by Crippen LogP contribution is -2.64. The summed E-state index contributed by atoms with van der Waals surface area (Å²) in [4.78, 5) is 0. The Kier molecular flexibility index (Phi) is 29.9. The highest BCUT2D eigenvalue weighted by Gasteiger charge is 2.56. The lowest BCUT2D eigenvalue weighted by atomic mass is 9.77. The quantitative estimate of drug-likeness (QED) is 0.0284. The molecule has 0 radical (unpaired) electrons. The average Bonchev–Trinajstić information content (AvgIpc) is 3.31. The number of benzene rings is 1. The molecule has 1 aromatic rings. The molecule has 1 aliphatic carbocycles. The number of methoxy groups -OCH3 is 2. The maximum Gasteiger partial charge on any atom is 0.217 e. The van der Waals surface area contributed by atoms with Gasteiger partial charge in [-0.05, 0) is 43.6 Å². The first-order chi connectivity index (χ1) is 36.6. The molecule has 0 aromatic heterocycles. The van der Waals surface area contributed by atoms with Crippen LogP contribution in [-0.4, -0.2) is 208 Å². The van der Waals surface area contributed by atoms with E-state index in [1.54, 1.807) is 31.2 Å². The minimum atomic E-state index is -5.85. The minimum Gasteiger partial charge on any atom is -0.748 e. The number of ether oxygens (including phenoxy) is 6. The molecule has 17 atom stereocenters. The topological polar surface area (TPSA) is 568 Å². The van der Waals surface area contributed by atoms with Crippen LogP contribution in [0.3, 0.4) is 0 Å². The Balaban J connectivity index is 0.000000484. The molecule has 35 nitrogen and oxygen atoms in total. The first-order valence-electron chi connectivity index (χ1n) is 22.5. The van der Waals surface area contributed by atoms with E-state index >= 15 is 0 Å². The zero-order valence-electron chi connectivity index (χ0n) is 42.2. The molecule has 17 unspecified atom stereocenters. The van der Waals surface area contributed by atoms with Crippen LogP contribution in [0.4, 0.5) is 0 Å². The van der Waals surface area contributed by atoms with Crippen molar-refractivity contribution in [2.24, 2.45) is 11.8 Å². The van der Waals surface area contributed by atoms with Crippen molar-refractivity contribution in [3.8, 4) is 0 Å². The fourth-order valence-corrected chi connectivity index (χ4v) is 19.6. The van der Waals surface area contributed by atoms with Crippen LogP contribution in [0.1, 0.15) is 58.9 Å². The second kappa shape index (κ2) is 31.9. The average molecular weight is 1340 g/mol. The molecular weight excluding hydrogens is 1280 g/mol. The van der Waals surface area contributed by atoms with Crippen LogP contribution < -0.4 is 10.5 Å². The Morgan fingerprint density at radius 2 is 1.11 bits per heavy atom. The summed E-state index contributed by atoms with van der Waals surface area (Å²) in [5, 5.41) is 19.2. The third-order valence-electron chi connectivity index (χ3n) is 12.1. The third kappa shape index (κ3) is 23.5. The molecule has 2 saturated heterocycles.